The zero-order valence-electron chi connectivity index (χ0n) is 8.76. The van der Waals surface area contributed by atoms with Gasteiger partial charge in [-0.3, -0.25) is 0 Å². The van der Waals surface area contributed by atoms with E-state index < -0.39 is 15.6 Å². The Bertz CT molecular complexity index is 333. The molecule has 0 bridgehead atoms. The number of alkyl halides is 3. The molecule has 3 nitrogen and oxygen atoms in total. The molecule has 0 aromatic carbocycles. The van der Waals surface area contributed by atoms with E-state index in [1.54, 1.807) is 0 Å². The Labute approximate surface area is 111 Å². The molecule has 0 amide bonds. The quantitative estimate of drug-likeness (QED) is 0.380. The summed E-state index contributed by atoms with van der Waals surface area (Å²) in [6.45, 7) is 0. The van der Waals surface area contributed by atoms with Gasteiger partial charge in [-0.15, -0.1) is 0 Å². The van der Waals surface area contributed by atoms with Crippen LogP contribution in [-0.2, 0) is 29.6 Å². The van der Waals surface area contributed by atoms with Gasteiger partial charge in [0.25, 0.3) is 0 Å². The van der Waals surface area contributed by atoms with Crippen molar-refractivity contribution in [2.75, 3.05) is 0 Å². The third-order valence-corrected chi connectivity index (χ3v) is 2.23. The Balaban J connectivity index is 0. The van der Waals surface area contributed by atoms with E-state index in [0.717, 1.165) is 0 Å². The molecule has 0 aromatic heterocycles. The summed E-state index contributed by atoms with van der Waals surface area (Å²) < 4.78 is 58.9. The largest absolute Gasteiger partial charge is 1.00 e. The van der Waals surface area contributed by atoms with Crippen LogP contribution in [0.15, 0.2) is 24.3 Å². The average Bonchev–Trinajstić information content (AvgIpc) is 1.98. The first-order valence-electron chi connectivity index (χ1n) is 4.59. The van der Waals surface area contributed by atoms with Gasteiger partial charge in [-0.05, 0) is 25.7 Å². The van der Waals surface area contributed by atoms with E-state index in [-0.39, 0.29) is 19.5 Å². The van der Waals surface area contributed by atoms with Gasteiger partial charge in [-0.2, -0.15) is 13.2 Å². The molecule has 0 saturated carbocycles. The van der Waals surface area contributed by atoms with E-state index in [1.807, 2.05) is 0 Å². The van der Waals surface area contributed by atoms with Crippen molar-refractivity contribution in [1.82, 2.24) is 0 Å². The monoisotopic (exact) mass is 359 g/mol. The van der Waals surface area contributed by atoms with Crippen LogP contribution in [0.5, 0.6) is 0 Å². The molecule has 1 rings (SSSR count). The minimum Gasteiger partial charge on any atom is -0.741 e. The van der Waals surface area contributed by atoms with Gasteiger partial charge in [0.1, 0.15) is 0 Å². The second-order valence-electron chi connectivity index (χ2n) is 3.04. The zero-order chi connectivity index (χ0) is 12.7. The van der Waals surface area contributed by atoms with E-state index in [0.29, 0.717) is 0 Å². The van der Waals surface area contributed by atoms with E-state index >= 15 is 0 Å². The standard InChI is InChI=1S/C8H12.CHF3O3S.Ru/c1-2-4-6-8-7-5-3-1;2-1(3,4)8(5,6)7;/h1-4H,5-8H2;(H,5,6,7);/q;;+1/p-1. The van der Waals surface area contributed by atoms with Crippen LogP contribution in [0.2, 0.25) is 0 Å². The average molecular weight is 358 g/mol. The van der Waals surface area contributed by atoms with Crippen LogP contribution < -0.4 is 0 Å². The fourth-order valence-electron chi connectivity index (χ4n) is 0.874. The topological polar surface area (TPSA) is 57.2 Å². The molecule has 0 aromatic rings. The van der Waals surface area contributed by atoms with Crippen LogP contribution in [0.3, 0.4) is 0 Å². The van der Waals surface area contributed by atoms with Crippen LogP contribution in [-0.4, -0.2) is 18.5 Å². The van der Waals surface area contributed by atoms with Gasteiger partial charge in [0.05, 0.1) is 0 Å². The first kappa shape index (κ1) is 19.2. The van der Waals surface area contributed by atoms with E-state index in [1.165, 1.54) is 25.7 Å². The maximum Gasteiger partial charge on any atom is 1.00 e. The summed E-state index contributed by atoms with van der Waals surface area (Å²) in [6.07, 6.45) is 14.0. The van der Waals surface area contributed by atoms with Crippen LogP contribution in [0.25, 0.3) is 0 Å². The molecule has 101 valence electrons. The molecule has 1 radical (unpaired) electrons. The molecule has 1 aliphatic rings. The van der Waals surface area contributed by atoms with Crippen molar-refractivity contribution < 1.29 is 45.6 Å². The first-order valence-corrected chi connectivity index (χ1v) is 6.00. The molecule has 0 heterocycles. The van der Waals surface area contributed by atoms with Gasteiger partial charge in [0.2, 0.25) is 0 Å². The Hall–Kier alpha value is -0.197. The summed E-state index contributed by atoms with van der Waals surface area (Å²) in [4.78, 5) is 0. The molecule has 0 atom stereocenters. The summed E-state index contributed by atoms with van der Waals surface area (Å²) >= 11 is 0. The normalized spacial score (nSPS) is 16.0. The van der Waals surface area contributed by atoms with Crippen LogP contribution >= 0.6 is 0 Å². The molecule has 0 unspecified atom stereocenters. The predicted octanol–water partition coefficient (Wildman–Crippen LogP) is 2.72. The second kappa shape index (κ2) is 8.83. The van der Waals surface area contributed by atoms with E-state index in [9.17, 15) is 13.2 Å². The maximum absolute atomic E-state index is 10.7. The van der Waals surface area contributed by atoms with Gasteiger partial charge < -0.3 is 4.55 Å². The van der Waals surface area contributed by atoms with Crippen molar-refractivity contribution in [3.05, 3.63) is 24.3 Å². The minimum absolute atomic E-state index is 0. The molecule has 0 spiro atoms. The van der Waals surface area contributed by atoms with Crippen LogP contribution in [0, 0.1) is 0 Å². The number of hydrogen-bond donors (Lipinski definition) is 0. The molecular weight excluding hydrogens is 346 g/mol. The number of allylic oxidation sites excluding steroid dienone is 4. The maximum atomic E-state index is 10.7. The Morgan fingerprint density at radius 3 is 1.53 bits per heavy atom. The van der Waals surface area contributed by atoms with Crippen molar-refractivity contribution in [2.45, 2.75) is 31.2 Å². The fraction of sp³-hybridized carbons (Fsp3) is 0.556. The smallest absolute Gasteiger partial charge is 0.741 e. The van der Waals surface area contributed by atoms with E-state index in [2.05, 4.69) is 24.3 Å². The van der Waals surface area contributed by atoms with Crippen LogP contribution in [0.1, 0.15) is 25.7 Å². The predicted molar refractivity (Wildman–Crippen MR) is 52.5 cm³/mol. The van der Waals surface area contributed by atoms with Crippen molar-refractivity contribution in [1.29, 1.82) is 0 Å². The summed E-state index contributed by atoms with van der Waals surface area (Å²) in [7, 11) is -6.09. The number of halogens is 3. The van der Waals surface area contributed by atoms with Crippen molar-refractivity contribution in [3.8, 4) is 0 Å². The molecule has 8 heteroatoms. The molecular formula is C9H12F3O3RuS. The third kappa shape index (κ3) is 10.7. The molecule has 1 aliphatic carbocycles. The first-order chi connectivity index (χ1) is 7.25. The van der Waals surface area contributed by atoms with Gasteiger partial charge in [0, 0.05) is 0 Å². The zero-order valence-corrected chi connectivity index (χ0v) is 11.3. The summed E-state index contributed by atoms with van der Waals surface area (Å²) in [5.41, 5.74) is -5.65. The van der Waals surface area contributed by atoms with Gasteiger partial charge in [-0.1, -0.05) is 24.3 Å². The van der Waals surface area contributed by atoms with E-state index in [4.69, 9.17) is 13.0 Å². The van der Waals surface area contributed by atoms with Crippen molar-refractivity contribution in [2.24, 2.45) is 0 Å². The third-order valence-electron chi connectivity index (χ3n) is 1.66. The molecule has 0 N–H and O–H groups in total. The van der Waals surface area contributed by atoms with Crippen LogP contribution in [0.4, 0.5) is 13.2 Å². The van der Waals surface area contributed by atoms with Gasteiger partial charge in [0.15, 0.2) is 10.1 Å². The summed E-state index contributed by atoms with van der Waals surface area (Å²) in [5, 5.41) is 0. The van der Waals surface area contributed by atoms with Crippen molar-refractivity contribution >= 4 is 10.1 Å². The summed E-state index contributed by atoms with van der Waals surface area (Å²) in [6, 6.07) is 0. The molecule has 0 saturated heterocycles. The SMILES string of the molecule is C1=CCCCCC=C1.O=S(=O)([O-])C(F)(F)F.[Ru+]. The van der Waals surface area contributed by atoms with Crippen molar-refractivity contribution in [3.63, 3.8) is 0 Å². The number of hydrogen-bond acceptors (Lipinski definition) is 3. The second-order valence-corrected chi connectivity index (χ2v) is 4.41. The fourth-order valence-corrected chi connectivity index (χ4v) is 0.874. The minimum atomic E-state index is -6.09. The Morgan fingerprint density at radius 2 is 1.29 bits per heavy atom. The van der Waals surface area contributed by atoms with Gasteiger partial charge in [-0.25, -0.2) is 8.42 Å². The van der Waals surface area contributed by atoms with Gasteiger partial charge >= 0.3 is 25.0 Å². The molecule has 17 heavy (non-hydrogen) atoms. The molecule has 0 aliphatic heterocycles. The Kier molecular flexibility index (Phi) is 9.95. The molecule has 0 fully saturated rings. The number of rotatable bonds is 0. The summed E-state index contributed by atoms with van der Waals surface area (Å²) in [5.74, 6) is 0. The Morgan fingerprint density at radius 1 is 1.00 bits per heavy atom.